The van der Waals surface area contributed by atoms with Gasteiger partial charge in [-0.05, 0) is 26.2 Å². The first-order chi connectivity index (χ1) is 7.81. The number of nitrogens with zero attached hydrogens (tertiary/aromatic N) is 3. The molecule has 1 aliphatic carbocycles. The van der Waals surface area contributed by atoms with Crippen LogP contribution in [0.1, 0.15) is 26.2 Å². The van der Waals surface area contributed by atoms with Crippen LogP contribution < -0.4 is 21.3 Å². The summed E-state index contributed by atoms with van der Waals surface area (Å²) in [5.74, 6) is 6.09. The monoisotopic (exact) mass is 224 g/mol. The number of nitrogens with one attached hydrogen (secondary N) is 2. The third-order valence-electron chi connectivity index (χ3n) is 2.46. The van der Waals surface area contributed by atoms with Gasteiger partial charge in [0.05, 0.1) is 6.61 Å². The lowest BCUT2D eigenvalue weighted by molar-refractivity contribution is 0.312. The Bertz CT molecular complexity index is 354. The molecule has 0 aliphatic heterocycles. The molecule has 1 heterocycles. The molecule has 0 atom stereocenters. The molecule has 1 aliphatic rings. The van der Waals surface area contributed by atoms with E-state index in [0.29, 0.717) is 24.5 Å². The van der Waals surface area contributed by atoms with E-state index in [9.17, 15) is 0 Å². The number of anilines is 2. The number of hydrogen-bond acceptors (Lipinski definition) is 7. The Labute approximate surface area is 93.8 Å². The maximum absolute atomic E-state index is 5.27. The maximum atomic E-state index is 5.27. The van der Waals surface area contributed by atoms with Crippen LogP contribution >= 0.6 is 0 Å². The summed E-state index contributed by atoms with van der Waals surface area (Å²) in [7, 11) is 0. The first-order valence-corrected chi connectivity index (χ1v) is 5.44. The zero-order valence-corrected chi connectivity index (χ0v) is 9.23. The van der Waals surface area contributed by atoms with Crippen molar-refractivity contribution in [2.75, 3.05) is 17.3 Å². The van der Waals surface area contributed by atoms with E-state index in [2.05, 4.69) is 25.7 Å². The minimum absolute atomic E-state index is 0.285. The van der Waals surface area contributed by atoms with Gasteiger partial charge < -0.3 is 10.1 Å². The lowest BCUT2D eigenvalue weighted by Crippen LogP contribution is -2.28. The van der Waals surface area contributed by atoms with Crippen molar-refractivity contribution in [3.8, 4) is 6.01 Å². The molecular formula is C9H16N6O. The highest BCUT2D eigenvalue weighted by Gasteiger charge is 2.18. The zero-order valence-electron chi connectivity index (χ0n) is 9.23. The molecule has 0 saturated heterocycles. The van der Waals surface area contributed by atoms with Crippen molar-refractivity contribution in [3.63, 3.8) is 0 Å². The van der Waals surface area contributed by atoms with Gasteiger partial charge in [-0.1, -0.05) is 0 Å². The van der Waals surface area contributed by atoms with Crippen LogP contribution in [0.3, 0.4) is 0 Å². The number of aromatic nitrogens is 3. The summed E-state index contributed by atoms with van der Waals surface area (Å²) in [5.41, 5.74) is 2.39. The lowest BCUT2D eigenvalue weighted by atomic mass is 9.93. The third kappa shape index (κ3) is 2.48. The molecule has 2 rings (SSSR count). The lowest BCUT2D eigenvalue weighted by Gasteiger charge is -2.26. The molecular weight excluding hydrogens is 208 g/mol. The second-order valence-electron chi connectivity index (χ2n) is 3.61. The predicted molar refractivity (Wildman–Crippen MR) is 60.1 cm³/mol. The summed E-state index contributed by atoms with van der Waals surface area (Å²) in [6.07, 6.45) is 3.56. The van der Waals surface area contributed by atoms with Crippen LogP contribution in [0.25, 0.3) is 0 Å². The molecule has 1 aromatic heterocycles. The van der Waals surface area contributed by atoms with Crippen LogP contribution in [0.2, 0.25) is 0 Å². The van der Waals surface area contributed by atoms with Crippen molar-refractivity contribution in [1.29, 1.82) is 0 Å². The average molecular weight is 224 g/mol. The van der Waals surface area contributed by atoms with Crippen LogP contribution in [0.5, 0.6) is 6.01 Å². The normalized spacial score (nSPS) is 15.4. The summed E-state index contributed by atoms with van der Waals surface area (Å²) in [6.45, 7) is 2.38. The fourth-order valence-corrected chi connectivity index (χ4v) is 1.41. The summed E-state index contributed by atoms with van der Waals surface area (Å²) in [5, 5.41) is 3.21. The molecule has 1 saturated carbocycles. The molecule has 1 aromatic rings. The molecule has 0 spiro atoms. The van der Waals surface area contributed by atoms with Crippen LogP contribution in [0.15, 0.2) is 0 Å². The van der Waals surface area contributed by atoms with E-state index in [1.807, 2.05) is 6.92 Å². The molecule has 0 aromatic carbocycles. The molecule has 7 heteroatoms. The van der Waals surface area contributed by atoms with Crippen molar-refractivity contribution in [2.24, 2.45) is 5.84 Å². The fourth-order valence-electron chi connectivity index (χ4n) is 1.41. The topological polar surface area (TPSA) is 98.0 Å². The van der Waals surface area contributed by atoms with E-state index in [1.54, 1.807) is 0 Å². The van der Waals surface area contributed by atoms with E-state index >= 15 is 0 Å². The Morgan fingerprint density at radius 1 is 1.31 bits per heavy atom. The first-order valence-electron chi connectivity index (χ1n) is 5.44. The molecule has 0 unspecified atom stereocenters. The van der Waals surface area contributed by atoms with E-state index in [0.717, 1.165) is 12.8 Å². The quantitative estimate of drug-likeness (QED) is 0.495. The van der Waals surface area contributed by atoms with Crippen molar-refractivity contribution >= 4 is 11.9 Å². The second-order valence-corrected chi connectivity index (χ2v) is 3.61. The fraction of sp³-hybridized carbons (Fsp3) is 0.667. The highest BCUT2D eigenvalue weighted by Crippen LogP contribution is 2.22. The van der Waals surface area contributed by atoms with Gasteiger partial charge in [0, 0.05) is 6.04 Å². The zero-order chi connectivity index (χ0) is 11.4. The Hall–Kier alpha value is -1.63. The van der Waals surface area contributed by atoms with Crippen molar-refractivity contribution < 1.29 is 4.74 Å². The number of nitrogen functional groups attached to an aromatic ring is 1. The van der Waals surface area contributed by atoms with Gasteiger partial charge in [-0.15, -0.1) is 0 Å². The predicted octanol–water partition coefficient (Wildman–Crippen LogP) is 0.520. The van der Waals surface area contributed by atoms with Crippen molar-refractivity contribution in [3.05, 3.63) is 0 Å². The molecule has 1 fully saturated rings. The highest BCUT2D eigenvalue weighted by atomic mass is 16.5. The van der Waals surface area contributed by atoms with Gasteiger partial charge >= 0.3 is 6.01 Å². The number of hydrazine groups is 1. The SMILES string of the molecule is CCOc1nc(NN)nc(NC2CCC2)n1. The van der Waals surface area contributed by atoms with E-state index < -0.39 is 0 Å². The van der Waals surface area contributed by atoms with Crippen molar-refractivity contribution in [2.45, 2.75) is 32.2 Å². The van der Waals surface area contributed by atoms with Gasteiger partial charge in [-0.25, -0.2) is 5.84 Å². The van der Waals surface area contributed by atoms with Gasteiger partial charge in [0.25, 0.3) is 0 Å². The first kappa shape index (κ1) is 10.9. The third-order valence-corrected chi connectivity index (χ3v) is 2.46. The van der Waals surface area contributed by atoms with Crippen LogP contribution in [0, 0.1) is 0 Å². The molecule has 0 amide bonds. The average Bonchev–Trinajstić information content (AvgIpc) is 2.24. The second kappa shape index (κ2) is 4.93. The molecule has 16 heavy (non-hydrogen) atoms. The molecule has 0 radical (unpaired) electrons. The summed E-state index contributed by atoms with van der Waals surface area (Å²) >= 11 is 0. The van der Waals surface area contributed by atoms with Gasteiger partial charge in [0.2, 0.25) is 11.9 Å². The van der Waals surface area contributed by atoms with Gasteiger partial charge in [-0.2, -0.15) is 15.0 Å². The molecule has 4 N–H and O–H groups in total. The molecule has 88 valence electrons. The Balaban J connectivity index is 2.11. The van der Waals surface area contributed by atoms with Crippen LogP contribution in [0.4, 0.5) is 11.9 Å². The maximum Gasteiger partial charge on any atom is 0.323 e. The summed E-state index contributed by atoms with van der Waals surface area (Å²) < 4.78 is 5.22. The van der Waals surface area contributed by atoms with Crippen LogP contribution in [-0.2, 0) is 0 Å². The number of nitrogens with two attached hydrogens (primary N) is 1. The molecule has 7 nitrogen and oxygen atoms in total. The van der Waals surface area contributed by atoms with Gasteiger partial charge in [-0.3, -0.25) is 5.43 Å². The van der Waals surface area contributed by atoms with Gasteiger partial charge in [0.1, 0.15) is 0 Å². The van der Waals surface area contributed by atoms with Crippen molar-refractivity contribution in [1.82, 2.24) is 15.0 Å². The van der Waals surface area contributed by atoms with Crippen LogP contribution in [-0.4, -0.2) is 27.6 Å². The number of hydrogen-bond donors (Lipinski definition) is 3. The molecule has 0 bridgehead atoms. The standard InChI is InChI=1S/C9H16N6O/c1-2-16-9-13-7(11-6-4-3-5-6)12-8(14-9)15-10/h6H,2-5,10H2,1H3,(H2,11,12,13,14,15). The van der Waals surface area contributed by atoms with Gasteiger partial charge in [0.15, 0.2) is 0 Å². The minimum Gasteiger partial charge on any atom is -0.464 e. The number of ether oxygens (including phenoxy) is 1. The minimum atomic E-state index is 0.285. The largest absolute Gasteiger partial charge is 0.464 e. The Kier molecular flexibility index (Phi) is 3.35. The van der Waals surface area contributed by atoms with E-state index in [-0.39, 0.29) is 6.01 Å². The van der Waals surface area contributed by atoms with E-state index in [1.165, 1.54) is 6.42 Å². The summed E-state index contributed by atoms with van der Waals surface area (Å²) in [4.78, 5) is 12.2. The smallest absolute Gasteiger partial charge is 0.323 e. The summed E-state index contributed by atoms with van der Waals surface area (Å²) in [6, 6.07) is 0.745. The Morgan fingerprint density at radius 2 is 2.06 bits per heavy atom. The number of rotatable bonds is 5. The Morgan fingerprint density at radius 3 is 2.62 bits per heavy atom. The highest BCUT2D eigenvalue weighted by molar-refractivity contribution is 5.36. The van der Waals surface area contributed by atoms with E-state index in [4.69, 9.17) is 10.6 Å².